The minimum atomic E-state index is -0.236. The molecular weight excluding hydrogens is 202 g/mol. The van der Waals surface area contributed by atoms with Gasteiger partial charge in [-0.05, 0) is 18.9 Å². The van der Waals surface area contributed by atoms with Crippen LogP contribution in [0.3, 0.4) is 0 Å². The largest absolute Gasteiger partial charge is 0.344 e. The van der Waals surface area contributed by atoms with Crippen molar-refractivity contribution in [2.45, 2.75) is 32.7 Å². The van der Waals surface area contributed by atoms with Crippen LogP contribution in [0.25, 0.3) is 0 Å². The summed E-state index contributed by atoms with van der Waals surface area (Å²) in [6, 6.07) is 1.89. The lowest BCUT2D eigenvalue weighted by Crippen LogP contribution is -2.44. The number of nitriles is 1. The van der Waals surface area contributed by atoms with Crippen molar-refractivity contribution in [2.75, 3.05) is 26.7 Å². The molecule has 1 saturated heterocycles. The molecule has 2 unspecified atom stereocenters. The van der Waals surface area contributed by atoms with Crippen molar-refractivity contribution >= 4 is 5.91 Å². The van der Waals surface area contributed by atoms with E-state index >= 15 is 0 Å². The lowest BCUT2D eigenvalue weighted by Gasteiger charge is -2.27. The van der Waals surface area contributed by atoms with Gasteiger partial charge in [0, 0.05) is 20.1 Å². The lowest BCUT2D eigenvalue weighted by atomic mass is 10.1. The Morgan fingerprint density at radius 1 is 1.50 bits per heavy atom. The Labute approximate surface area is 97.8 Å². The highest BCUT2D eigenvalue weighted by molar-refractivity contribution is 5.82. The number of amides is 1. The van der Waals surface area contributed by atoms with Gasteiger partial charge in [-0.3, -0.25) is 9.69 Å². The molecule has 16 heavy (non-hydrogen) atoms. The van der Waals surface area contributed by atoms with E-state index in [1.807, 2.05) is 7.05 Å². The fourth-order valence-electron chi connectivity index (χ4n) is 2.39. The molecule has 0 aliphatic carbocycles. The third-order valence-electron chi connectivity index (χ3n) is 3.03. The summed E-state index contributed by atoms with van der Waals surface area (Å²) in [5, 5.41) is 8.82. The quantitative estimate of drug-likeness (QED) is 0.719. The van der Waals surface area contributed by atoms with Crippen LogP contribution >= 0.6 is 0 Å². The number of carbonyl (C=O) groups is 1. The van der Waals surface area contributed by atoms with E-state index < -0.39 is 0 Å². The molecule has 90 valence electrons. The third kappa shape index (κ3) is 2.96. The third-order valence-corrected chi connectivity index (χ3v) is 3.03. The molecule has 0 saturated carbocycles. The van der Waals surface area contributed by atoms with Crippen LogP contribution in [0.5, 0.6) is 0 Å². The second-order valence-corrected chi connectivity index (χ2v) is 4.70. The van der Waals surface area contributed by atoms with Gasteiger partial charge in [0.25, 0.3) is 0 Å². The molecule has 0 aromatic carbocycles. The Morgan fingerprint density at radius 3 is 2.75 bits per heavy atom. The molecule has 2 atom stereocenters. The van der Waals surface area contributed by atoms with Gasteiger partial charge in [-0.25, -0.2) is 0 Å². The monoisotopic (exact) mass is 223 g/mol. The maximum Gasteiger partial charge on any atom is 0.240 e. The van der Waals surface area contributed by atoms with Crippen molar-refractivity contribution in [3.05, 3.63) is 0 Å². The van der Waals surface area contributed by atoms with Gasteiger partial charge in [-0.1, -0.05) is 13.8 Å². The highest BCUT2D eigenvalue weighted by Crippen LogP contribution is 2.16. The zero-order chi connectivity index (χ0) is 12.1. The minimum absolute atomic E-state index is 0.0966. The molecule has 0 aromatic rings. The summed E-state index contributed by atoms with van der Waals surface area (Å²) < 4.78 is 0. The summed E-state index contributed by atoms with van der Waals surface area (Å²) in [6.07, 6.45) is 1.32. The van der Waals surface area contributed by atoms with Gasteiger partial charge in [-0.2, -0.15) is 5.26 Å². The second kappa shape index (κ2) is 5.86. The summed E-state index contributed by atoms with van der Waals surface area (Å²) in [7, 11) is 1.83. The topological polar surface area (TPSA) is 47.3 Å². The molecule has 1 rings (SSSR count). The number of hydrogen-bond acceptors (Lipinski definition) is 3. The van der Waals surface area contributed by atoms with Crippen LogP contribution in [0.2, 0.25) is 0 Å². The van der Waals surface area contributed by atoms with Crippen LogP contribution in [-0.4, -0.2) is 48.4 Å². The summed E-state index contributed by atoms with van der Waals surface area (Å²) in [4.78, 5) is 16.0. The van der Waals surface area contributed by atoms with Gasteiger partial charge >= 0.3 is 0 Å². The number of nitrogens with zero attached hydrogens (tertiary/aromatic N) is 3. The number of hydrogen-bond donors (Lipinski definition) is 0. The first kappa shape index (κ1) is 13.0. The first-order chi connectivity index (χ1) is 7.60. The molecule has 0 spiro atoms. The van der Waals surface area contributed by atoms with Crippen molar-refractivity contribution in [3.8, 4) is 6.07 Å². The van der Waals surface area contributed by atoms with Gasteiger partial charge in [0.05, 0.1) is 12.5 Å². The Bertz CT molecular complexity index is 284. The van der Waals surface area contributed by atoms with E-state index in [1.54, 1.807) is 4.90 Å². The number of carbonyl (C=O) groups excluding carboxylic acids is 1. The van der Waals surface area contributed by atoms with E-state index in [1.165, 1.54) is 0 Å². The highest BCUT2D eigenvalue weighted by Gasteiger charge is 2.32. The second-order valence-electron chi connectivity index (χ2n) is 4.70. The fraction of sp³-hybridized carbons (Fsp3) is 0.833. The smallest absolute Gasteiger partial charge is 0.240 e. The highest BCUT2D eigenvalue weighted by atomic mass is 16.2. The predicted molar refractivity (Wildman–Crippen MR) is 62.7 cm³/mol. The molecular formula is C12H21N3O. The normalized spacial score (nSPS) is 27.6. The lowest BCUT2D eigenvalue weighted by molar-refractivity contribution is -0.134. The van der Waals surface area contributed by atoms with Crippen molar-refractivity contribution in [3.63, 3.8) is 0 Å². The molecule has 4 nitrogen and oxygen atoms in total. The fourth-order valence-corrected chi connectivity index (χ4v) is 2.39. The Balaban J connectivity index is 2.85. The van der Waals surface area contributed by atoms with Crippen LogP contribution in [0.1, 0.15) is 26.7 Å². The molecule has 0 aromatic heterocycles. The Hall–Kier alpha value is -1.08. The van der Waals surface area contributed by atoms with Crippen molar-refractivity contribution in [1.82, 2.24) is 9.80 Å². The van der Waals surface area contributed by atoms with Crippen molar-refractivity contribution < 1.29 is 4.79 Å². The first-order valence-corrected chi connectivity index (χ1v) is 5.96. The van der Waals surface area contributed by atoms with Crippen LogP contribution < -0.4 is 0 Å². The van der Waals surface area contributed by atoms with E-state index in [4.69, 9.17) is 5.26 Å². The van der Waals surface area contributed by atoms with Crippen molar-refractivity contribution in [2.24, 2.45) is 5.92 Å². The van der Waals surface area contributed by atoms with Gasteiger partial charge < -0.3 is 4.90 Å². The summed E-state index contributed by atoms with van der Waals surface area (Å²) in [5.74, 6) is 0.573. The molecule has 0 bridgehead atoms. The van der Waals surface area contributed by atoms with E-state index in [0.717, 1.165) is 26.1 Å². The number of rotatable bonds is 3. The molecule has 0 radical (unpaired) electrons. The summed E-state index contributed by atoms with van der Waals surface area (Å²) >= 11 is 0. The molecule has 1 fully saturated rings. The summed E-state index contributed by atoms with van der Waals surface area (Å²) in [5.41, 5.74) is 0. The van der Waals surface area contributed by atoms with Crippen LogP contribution in [0.15, 0.2) is 0 Å². The van der Waals surface area contributed by atoms with E-state index in [0.29, 0.717) is 12.3 Å². The minimum Gasteiger partial charge on any atom is -0.344 e. The van der Waals surface area contributed by atoms with Gasteiger partial charge in [0.2, 0.25) is 5.91 Å². The zero-order valence-electron chi connectivity index (χ0n) is 10.4. The number of likely N-dealkylation sites (N-methyl/N-ethyl adjacent to an activating group) is 1. The van der Waals surface area contributed by atoms with Gasteiger partial charge in [0.15, 0.2) is 0 Å². The van der Waals surface area contributed by atoms with E-state index in [-0.39, 0.29) is 11.9 Å². The molecule has 0 N–H and O–H groups in total. The average Bonchev–Trinajstić information content (AvgIpc) is 2.32. The van der Waals surface area contributed by atoms with E-state index in [2.05, 4.69) is 24.8 Å². The SMILES string of the molecule is CCCN1CC(C)CN(C)C(=O)C1CC#N. The Morgan fingerprint density at radius 2 is 2.19 bits per heavy atom. The van der Waals surface area contributed by atoms with Crippen molar-refractivity contribution in [1.29, 1.82) is 5.26 Å². The standard InChI is InChI=1S/C12H21N3O/c1-4-7-15-9-10(2)8-14(3)12(16)11(15)5-6-13/h10-11H,4-5,7-9H2,1-3H3. The predicted octanol–water partition coefficient (Wildman–Crippen LogP) is 1.09. The van der Waals surface area contributed by atoms with Gasteiger partial charge in [-0.15, -0.1) is 0 Å². The maximum absolute atomic E-state index is 12.1. The zero-order valence-corrected chi connectivity index (χ0v) is 10.4. The van der Waals surface area contributed by atoms with E-state index in [9.17, 15) is 4.79 Å². The molecule has 1 aliphatic rings. The molecule has 1 amide bonds. The van der Waals surface area contributed by atoms with Crippen LogP contribution in [-0.2, 0) is 4.79 Å². The summed E-state index contributed by atoms with van der Waals surface area (Å²) in [6.45, 7) is 6.86. The van der Waals surface area contributed by atoms with Gasteiger partial charge in [0.1, 0.15) is 6.04 Å². The average molecular weight is 223 g/mol. The molecule has 1 heterocycles. The molecule has 1 aliphatic heterocycles. The maximum atomic E-state index is 12.1. The Kier molecular flexibility index (Phi) is 4.75. The first-order valence-electron chi connectivity index (χ1n) is 5.96. The van der Waals surface area contributed by atoms with Crippen LogP contribution in [0.4, 0.5) is 0 Å². The van der Waals surface area contributed by atoms with Crippen LogP contribution in [0, 0.1) is 17.2 Å². The molecule has 4 heteroatoms.